The zero-order valence-corrected chi connectivity index (χ0v) is 8.88. The molecule has 0 unspecified atom stereocenters. The van der Waals surface area contributed by atoms with Crippen molar-refractivity contribution >= 4 is 11.9 Å². The third-order valence-electron chi connectivity index (χ3n) is 2.01. The fourth-order valence-electron chi connectivity index (χ4n) is 0.824. The van der Waals surface area contributed by atoms with E-state index in [4.69, 9.17) is 10.8 Å². The first-order chi connectivity index (χ1) is 7.20. The van der Waals surface area contributed by atoms with Gasteiger partial charge in [-0.25, -0.2) is 4.79 Å². The summed E-state index contributed by atoms with van der Waals surface area (Å²) >= 11 is 0. The predicted molar refractivity (Wildman–Crippen MR) is 62.5 cm³/mol. The van der Waals surface area contributed by atoms with Crippen LogP contribution in [0.4, 0.5) is 0 Å². The molecule has 0 aromatic heterocycles. The molecule has 0 aliphatic heterocycles. The van der Waals surface area contributed by atoms with Crippen LogP contribution in [0.15, 0.2) is 60.8 Å². The predicted octanol–water partition coefficient (Wildman–Crippen LogP) is 1.34. The SMILES string of the molecule is C=C(C(=C)C(=C)C(N)=O)C(=C)C(=C)C(=O)O. The Balaban J connectivity index is 4.97. The minimum atomic E-state index is -1.22. The van der Waals surface area contributed by atoms with Gasteiger partial charge >= 0.3 is 5.97 Å². The number of hydrogen-bond donors (Lipinski definition) is 2. The minimum absolute atomic E-state index is 0.0376. The second-order valence-corrected chi connectivity index (χ2v) is 3.06. The monoisotopic (exact) mass is 219 g/mol. The van der Waals surface area contributed by atoms with Crippen molar-refractivity contribution in [3.05, 3.63) is 60.8 Å². The van der Waals surface area contributed by atoms with Crippen molar-refractivity contribution < 1.29 is 14.7 Å². The van der Waals surface area contributed by atoms with E-state index in [0.29, 0.717) is 0 Å². The third kappa shape index (κ3) is 2.81. The zero-order chi connectivity index (χ0) is 13.0. The van der Waals surface area contributed by atoms with Crippen LogP contribution in [0.5, 0.6) is 0 Å². The number of primary amides is 1. The number of aliphatic carboxylic acids is 1. The molecule has 0 rings (SSSR count). The molecule has 0 heterocycles. The molecule has 0 radical (unpaired) electrons. The van der Waals surface area contributed by atoms with Crippen molar-refractivity contribution in [1.29, 1.82) is 0 Å². The number of carboxylic acids is 1. The number of carboxylic acid groups (broad SMARTS) is 1. The summed E-state index contributed by atoms with van der Waals surface area (Å²) in [6.07, 6.45) is 0. The van der Waals surface area contributed by atoms with E-state index in [2.05, 4.69) is 32.9 Å². The van der Waals surface area contributed by atoms with Gasteiger partial charge < -0.3 is 10.8 Å². The van der Waals surface area contributed by atoms with E-state index in [-0.39, 0.29) is 27.9 Å². The van der Waals surface area contributed by atoms with Crippen LogP contribution in [0.3, 0.4) is 0 Å². The van der Waals surface area contributed by atoms with Crippen LogP contribution < -0.4 is 5.73 Å². The molecule has 0 aromatic carbocycles. The number of carbonyl (C=O) groups is 2. The number of rotatable bonds is 6. The summed E-state index contributed by atoms with van der Waals surface area (Å²) in [4.78, 5) is 21.5. The van der Waals surface area contributed by atoms with Gasteiger partial charge in [0.05, 0.1) is 5.57 Å². The average Bonchev–Trinajstić information content (AvgIpc) is 2.23. The quantitative estimate of drug-likeness (QED) is 0.522. The maximum absolute atomic E-state index is 10.8. The number of hydrogen-bond acceptors (Lipinski definition) is 2. The normalized spacial score (nSPS) is 9.00. The largest absolute Gasteiger partial charge is 0.478 e. The van der Waals surface area contributed by atoms with E-state index < -0.39 is 11.9 Å². The lowest BCUT2D eigenvalue weighted by Gasteiger charge is -2.12. The molecular formula is C12H13NO3. The second-order valence-electron chi connectivity index (χ2n) is 3.06. The fraction of sp³-hybridized carbons (Fsp3) is 0. The standard InChI is InChI=1S/C12H13NO3/c1-6(7(2)9(4)11(13)14)8(3)10(5)12(15)16/h1-5H2,(H2,13,14)(H,15,16). The van der Waals surface area contributed by atoms with E-state index in [9.17, 15) is 9.59 Å². The topological polar surface area (TPSA) is 80.4 Å². The summed E-state index contributed by atoms with van der Waals surface area (Å²) < 4.78 is 0. The lowest BCUT2D eigenvalue weighted by atomic mass is 9.92. The van der Waals surface area contributed by atoms with Crippen LogP contribution in [-0.4, -0.2) is 17.0 Å². The Kier molecular flexibility index (Phi) is 4.20. The molecule has 0 spiro atoms. The van der Waals surface area contributed by atoms with Gasteiger partial charge in [0.25, 0.3) is 0 Å². The number of allylic oxidation sites excluding steroid dienone is 1. The zero-order valence-electron chi connectivity index (χ0n) is 8.88. The van der Waals surface area contributed by atoms with Gasteiger partial charge in [-0.3, -0.25) is 4.79 Å². The van der Waals surface area contributed by atoms with E-state index >= 15 is 0 Å². The summed E-state index contributed by atoms with van der Waals surface area (Å²) in [5, 5.41) is 8.69. The van der Waals surface area contributed by atoms with Crippen molar-refractivity contribution in [2.45, 2.75) is 0 Å². The maximum Gasteiger partial charge on any atom is 0.335 e. The first-order valence-electron chi connectivity index (χ1n) is 4.19. The molecule has 0 saturated carbocycles. The molecule has 84 valence electrons. The van der Waals surface area contributed by atoms with Crippen LogP contribution in [-0.2, 0) is 9.59 Å². The van der Waals surface area contributed by atoms with Crippen molar-refractivity contribution in [1.82, 2.24) is 0 Å². The van der Waals surface area contributed by atoms with Gasteiger partial charge in [-0.2, -0.15) is 0 Å². The van der Waals surface area contributed by atoms with Gasteiger partial charge in [-0.15, -0.1) is 0 Å². The molecule has 0 bridgehead atoms. The van der Waals surface area contributed by atoms with Gasteiger partial charge in [-0.1, -0.05) is 32.9 Å². The summed E-state index contributed by atoms with van der Waals surface area (Å²) in [7, 11) is 0. The van der Waals surface area contributed by atoms with Crippen LogP contribution in [0, 0.1) is 0 Å². The smallest absolute Gasteiger partial charge is 0.335 e. The lowest BCUT2D eigenvalue weighted by molar-refractivity contribution is -0.132. The van der Waals surface area contributed by atoms with Crippen LogP contribution in [0.1, 0.15) is 0 Å². The summed E-state index contributed by atoms with van der Waals surface area (Å²) in [5.41, 5.74) is 5.16. The Hall–Kier alpha value is -2.36. The first kappa shape index (κ1) is 13.6. The van der Waals surface area contributed by atoms with Crippen molar-refractivity contribution in [3.8, 4) is 0 Å². The molecule has 1 amide bonds. The Labute approximate surface area is 93.8 Å². The minimum Gasteiger partial charge on any atom is -0.478 e. The molecule has 4 heteroatoms. The highest BCUT2D eigenvalue weighted by Gasteiger charge is 2.16. The van der Waals surface area contributed by atoms with E-state index in [0.717, 1.165) is 0 Å². The molecule has 0 atom stereocenters. The van der Waals surface area contributed by atoms with Gasteiger partial charge in [0.2, 0.25) is 5.91 Å². The molecule has 3 N–H and O–H groups in total. The Morgan fingerprint density at radius 3 is 1.38 bits per heavy atom. The molecule has 4 nitrogen and oxygen atoms in total. The molecule has 0 aliphatic rings. The molecule has 0 fully saturated rings. The van der Waals surface area contributed by atoms with Crippen molar-refractivity contribution in [2.24, 2.45) is 5.73 Å². The maximum atomic E-state index is 10.8. The number of amides is 1. The second kappa shape index (κ2) is 4.93. The lowest BCUT2D eigenvalue weighted by Crippen LogP contribution is -2.15. The summed E-state index contributed by atoms with van der Waals surface area (Å²) in [6.45, 7) is 17.3. The average molecular weight is 219 g/mol. The third-order valence-corrected chi connectivity index (χ3v) is 2.01. The van der Waals surface area contributed by atoms with Gasteiger partial charge in [0.1, 0.15) is 0 Å². The van der Waals surface area contributed by atoms with Gasteiger partial charge in [0, 0.05) is 5.57 Å². The molecule has 0 aromatic rings. The van der Waals surface area contributed by atoms with Gasteiger partial charge in [-0.05, 0) is 16.7 Å². The van der Waals surface area contributed by atoms with Crippen molar-refractivity contribution in [2.75, 3.05) is 0 Å². The van der Waals surface area contributed by atoms with Crippen LogP contribution in [0.25, 0.3) is 0 Å². The van der Waals surface area contributed by atoms with E-state index in [1.54, 1.807) is 0 Å². The van der Waals surface area contributed by atoms with Crippen molar-refractivity contribution in [3.63, 3.8) is 0 Å². The molecular weight excluding hydrogens is 206 g/mol. The van der Waals surface area contributed by atoms with Crippen LogP contribution >= 0.6 is 0 Å². The highest BCUT2D eigenvalue weighted by atomic mass is 16.4. The van der Waals surface area contributed by atoms with Crippen LogP contribution in [0.2, 0.25) is 0 Å². The van der Waals surface area contributed by atoms with Gasteiger partial charge in [0.15, 0.2) is 0 Å². The Morgan fingerprint density at radius 1 is 0.750 bits per heavy atom. The van der Waals surface area contributed by atoms with E-state index in [1.165, 1.54) is 0 Å². The highest BCUT2D eigenvalue weighted by molar-refractivity contribution is 5.99. The first-order valence-corrected chi connectivity index (χ1v) is 4.19. The highest BCUT2D eigenvalue weighted by Crippen LogP contribution is 2.24. The number of carbonyl (C=O) groups excluding carboxylic acids is 1. The fourth-order valence-corrected chi connectivity index (χ4v) is 0.824. The molecule has 16 heavy (non-hydrogen) atoms. The summed E-state index contributed by atoms with van der Waals surface area (Å²) in [5.74, 6) is -1.97. The summed E-state index contributed by atoms with van der Waals surface area (Å²) in [6, 6.07) is 0. The van der Waals surface area contributed by atoms with E-state index in [1.807, 2.05) is 0 Å². The Bertz CT molecular complexity index is 401. The molecule has 0 aliphatic carbocycles. The Morgan fingerprint density at radius 2 is 1.06 bits per heavy atom. The number of nitrogens with two attached hydrogens (primary N) is 1. The molecule has 0 saturated heterocycles.